The lowest BCUT2D eigenvalue weighted by atomic mass is 10.1. The first-order valence-corrected chi connectivity index (χ1v) is 4.11. The van der Waals surface area contributed by atoms with E-state index in [1.807, 2.05) is 32.0 Å². The van der Waals surface area contributed by atoms with Gasteiger partial charge < -0.3 is 4.84 Å². The van der Waals surface area contributed by atoms with Crippen molar-refractivity contribution in [2.75, 3.05) is 0 Å². The molecule has 0 aromatic heterocycles. The summed E-state index contributed by atoms with van der Waals surface area (Å²) in [6.07, 6.45) is 0. The van der Waals surface area contributed by atoms with E-state index in [4.69, 9.17) is 4.84 Å². The van der Waals surface area contributed by atoms with Crippen LogP contribution in [0.1, 0.15) is 18.1 Å². The highest BCUT2D eigenvalue weighted by Crippen LogP contribution is 2.21. The Morgan fingerprint density at radius 1 is 1.31 bits per heavy atom. The normalized spacial score (nSPS) is 9.46. The second-order valence-corrected chi connectivity index (χ2v) is 2.98. The Bertz CT molecular complexity index is 300. The minimum atomic E-state index is -0.206. The molecule has 1 N–H and O–H groups in total. The number of hydrogen-bond acceptors (Lipinski definition) is 2. The van der Waals surface area contributed by atoms with Gasteiger partial charge in [0, 0.05) is 6.92 Å². The van der Waals surface area contributed by atoms with Gasteiger partial charge in [0.2, 0.25) is 5.91 Å². The zero-order chi connectivity index (χ0) is 9.84. The first-order valence-electron chi connectivity index (χ1n) is 4.11. The number of carbonyl (C=O) groups is 1. The molecular formula is C10H13NO2. The summed E-state index contributed by atoms with van der Waals surface area (Å²) in [5, 5.41) is 0. The van der Waals surface area contributed by atoms with Crippen LogP contribution in [-0.4, -0.2) is 5.91 Å². The van der Waals surface area contributed by atoms with Crippen molar-refractivity contribution in [2.24, 2.45) is 0 Å². The van der Waals surface area contributed by atoms with Crippen LogP contribution < -0.4 is 10.3 Å². The summed E-state index contributed by atoms with van der Waals surface area (Å²) in [4.78, 5) is 15.7. The summed E-state index contributed by atoms with van der Waals surface area (Å²) < 4.78 is 0. The van der Waals surface area contributed by atoms with E-state index in [9.17, 15) is 4.79 Å². The third kappa shape index (κ3) is 2.47. The summed E-state index contributed by atoms with van der Waals surface area (Å²) >= 11 is 0. The quantitative estimate of drug-likeness (QED) is 0.702. The van der Waals surface area contributed by atoms with Crippen molar-refractivity contribution < 1.29 is 9.63 Å². The molecule has 70 valence electrons. The number of aryl methyl sites for hydroxylation is 2. The van der Waals surface area contributed by atoms with Gasteiger partial charge in [0.1, 0.15) is 0 Å². The topological polar surface area (TPSA) is 38.3 Å². The van der Waals surface area contributed by atoms with Gasteiger partial charge in [0.05, 0.1) is 0 Å². The SMILES string of the molecule is CC(=O)NOc1c(C)cccc1C. The van der Waals surface area contributed by atoms with Crippen molar-refractivity contribution in [1.29, 1.82) is 0 Å². The molecule has 0 spiro atoms. The molecule has 0 saturated carbocycles. The molecule has 0 heterocycles. The molecule has 13 heavy (non-hydrogen) atoms. The van der Waals surface area contributed by atoms with Gasteiger partial charge in [-0.05, 0) is 25.0 Å². The van der Waals surface area contributed by atoms with Crippen LogP contribution in [0.5, 0.6) is 5.75 Å². The van der Waals surface area contributed by atoms with Crippen LogP contribution in [-0.2, 0) is 4.79 Å². The van der Waals surface area contributed by atoms with Crippen LogP contribution in [0.3, 0.4) is 0 Å². The number of hydroxylamine groups is 1. The van der Waals surface area contributed by atoms with Crippen molar-refractivity contribution in [3.05, 3.63) is 29.3 Å². The molecule has 1 aromatic carbocycles. The van der Waals surface area contributed by atoms with Gasteiger partial charge in [-0.3, -0.25) is 4.79 Å². The largest absolute Gasteiger partial charge is 0.379 e. The predicted molar refractivity (Wildman–Crippen MR) is 50.4 cm³/mol. The Kier molecular flexibility index (Phi) is 2.90. The molecule has 0 aliphatic rings. The third-order valence-corrected chi connectivity index (χ3v) is 1.71. The van der Waals surface area contributed by atoms with Gasteiger partial charge in [0.25, 0.3) is 0 Å². The van der Waals surface area contributed by atoms with Gasteiger partial charge in [-0.15, -0.1) is 0 Å². The molecule has 0 fully saturated rings. The number of hydrogen-bond donors (Lipinski definition) is 1. The van der Waals surface area contributed by atoms with E-state index in [1.54, 1.807) is 0 Å². The van der Waals surface area contributed by atoms with Gasteiger partial charge in [-0.25, -0.2) is 0 Å². The maximum atomic E-state index is 10.6. The van der Waals surface area contributed by atoms with Crippen LogP contribution in [0.25, 0.3) is 0 Å². The lowest BCUT2D eigenvalue weighted by Crippen LogP contribution is -2.24. The van der Waals surface area contributed by atoms with Crippen LogP contribution in [0.2, 0.25) is 0 Å². The third-order valence-electron chi connectivity index (χ3n) is 1.71. The first-order chi connectivity index (χ1) is 6.11. The molecule has 0 aliphatic heterocycles. The van der Waals surface area contributed by atoms with Gasteiger partial charge in [-0.1, -0.05) is 18.2 Å². The highest BCUT2D eigenvalue weighted by atomic mass is 16.7. The lowest BCUT2D eigenvalue weighted by Gasteiger charge is -2.09. The fourth-order valence-electron chi connectivity index (χ4n) is 1.08. The minimum absolute atomic E-state index is 0.206. The zero-order valence-electron chi connectivity index (χ0n) is 8.05. The van der Waals surface area contributed by atoms with E-state index in [-0.39, 0.29) is 5.91 Å². The van der Waals surface area contributed by atoms with Crippen molar-refractivity contribution in [2.45, 2.75) is 20.8 Å². The summed E-state index contributed by atoms with van der Waals surface area (Å²) in [5.41, 5.74) is 4.32. The smallest absolute Gasteiger partial charge is 0.249 e. The molecule has 1 amide bonds. The van der Waals surface area contributed by atoms with E-state index in [1.165, 1.54) is 6.92 Å². The Morgan fingerprint density at radius 3 is 2.31 bits per heavy atom. The average Bonchev–Trinajstić information content (AvgIpc) is 2.03. The number of rotatable bonds is 2. The molecule has 0 saturated heterocycles. The number of para-hydroxylation sites is 1. The van der Waals surface area contributed by atoms with E-state index >= 15 is 0 Å². The fraction of sp³-hybridized carbons (Fsp3) is 0.300. The van der Waals surface area contributed by atoms with Crippen LogP contribution in [0.4, 0.5) is 0 Å². The molecule has 1 rings (SSSR count). The average molecular weight is 179 g/mol. The Hall–Kier alpha value is -1.51. The number of amides is 1. The van der Waals surface area contributed by atoms with Crippen molar-refractivity contribution in [1.82, 2.24) is 5.48 Å². The van der Waals surface area contributed by atoms with E-state index < -0.39 is 0 Å². The molecule has 0 bridgehead atoms. The molecule has 3 heteroatoms. The number of carbonyl (C=O) groups excluding carboxylic acids is 1. The Balaban J connectivity index is 2.81. The molecule has 0 radical (unpaired) electrons. The molecule has 3 nitrogen and oxygen atoms in total. The second kappa shape index (κ2) is 3.94. The van der Waals surface area contributed by atoms with Crippen LogP contribution in [0.15, 0.2) is 18.2 Å². The minimum Gasteiger partial charge on any atom is -0.379 e. The maximum Gasteiger partial charge on any atom is 0.249 e. The highest BCUT2D eigenvalue weighted by Gasteiger charge is 2.03. The first kappa shape index (κ1) is 9.58. The van der Waals surface area contributed by atoms with E-state index in [2.05, 4.69) is 5.48 Å². The number of benzene rings is 1. The predicted octanol–water partition coefficient (Wildman–Crippen LogP) is 1.73. The van der Waals surface area contributed by atoms with Crippen molar-refractivity contribution >= 4 is 5.91 Å². The van der Waals surface area contributed by atoms with E-state index in [0.29, 0.717) is 0 Å². The highest BCUT2D eigenvalue weighted by molar-refractivity contribution is 5.71. The summed E-state index contributed by atoms with van der Waals surface area (Å²) in [6.45, 7) is 5.28. The summed E-state index contributed by atoms with van der Waals surface area (Å²) in [6, 6.07) is 5.82. The molecule has 0 aliphatic carbocycles. The summed E-state index contributed by atoms with van der Waals surface area (Å²) in [5.74, 6) is 0.514. The number of nitrogens with one attached hydrogen (secondary N) is 1. The summed E-state index contributed by atoms with van der Waals surface area (Å²) in [7, 11) is 0. The zero-order valence-corrected chi connectivity index (χ0v) is 8.05. The molecule has 0 unspecified atom stereocenters. The van der Waals surface area contributed by atoms with Crippen LogP contribution >= 0.6 is 0 Å². The molecular weight excluding hydrogens is 166 g/mol. The van der Waals surface area contributed by atoms with Gasteiger partial charge >= 0.3 is 0 Å². The van der Waals surface area contributed by atoms with Crippen LogP contribution in [0, 0.1) is 13.8 Å². The lowest BCUT2D eigenvalue weighted by molar-refractivity contribution is -0.125. The van der Waals surface area contributed by atoms with Crippen molar-refractivity contribution in [3.8, 4) is 5.75 Å². The molecule has 1 aromatic rings. The Labute approximate surface area is 77.7 Å². The maximum absolute atomic E-state index is 10.6. The van der Waals surface area contributed by atoms with Gasteiger partial charge in [0.15, 0.2) is 5.75 Å². The Morgan fingerprint density at radius 2 is 1.85 bits per heavy atom. The molecule has 0 atom stereocenters. The monoisotopic (exact) mass is 179 g/mol. The van der Waals surface area contributed by atoms with Crippen molar-refractivity contribution in [3.63, 3.8) is 0 Å². The standard InChI is InChI=1S/C10H13NO2/c1-7-5-4-6-8(2)10(7)13-11-9(3)12/h4-6H,1-3H3,(H,11,12). The van der Waals surface area contributed by atoms with E-state index in [0.717, 1.165) is 16.9 Å². The van der Waals surface area contributed by atoms with Gasteiger partial charge in [-0.2, -0.15) is 5.48 Å². The second-order valence-electron chi connectivity index (χ2n) is 2.98. The fourth-order valence-corrected chi connectivity index (χ4v) is 1.08.